The van der Waals surface area contributed by atoms with Gasteiger partial charge in [0.05, 0.1) is 5.56 Å². The van der Waals surface area contributed by atoms with E-state index in [2.05, 4.69) is 21.2 Å². The summed E-state index contributed by atoms with van der Waals surface area (Å²) in [4.78, 5) is 0. The third-order valence-electron chi connectivity index (χ3n) is 2.34. The highest BCUT2D eigenvalue weighted by Gasteiger charge is 2.32. The zero-order chi connectivity index (χ0) is 13.1. The normalized spacial score (nSPS) is 13.8. The summed E-state index contributed by atoms with van der Waals surface area (Å²) in [5.41, 5.74) is 5.34. The van der Waals surface area contributed by atoms with E-state index >= 15 is 0 Å². The number of nitrogens with two attached hydrogens (primary N) is 1. The molecular formula is C11H14BrF3N2. The van der Waals surface area contributed by atoms with Crippen LogP contribution in [0.1, 0.15) is 18.1 Å². The minimum absolute atomic E-state index is 0.0561. The molecule has 0 saturated heterocycles. The zero-order valence-corrected chi connectivity index (χ0v) is 10.9. The molecule has 0 saturated carbocycles. The highest BCUT2D eigenvalue weighted by atomic mass is 79.9. The van der Waals surface area contributed by atoms with Crippen molar-refractivity contribution in [3.8, 4) is 0 Å². The van der Waals surface area contributed by atoms with Gasteiger partial charge in [-0.3, -0.25) is 0 Å². The lowest BCUT2D eigenvalue weighted by atomic mass is 10.1. The fourth-order valence-electron chi connectivity index (χ4n) is 1.28. The predicted octanol–water partition coefficient (Wildman–Crippen LogP) is 2.90. The van der Waals surface area contributed by atoms with Crippen LogP contribution in [0.25, 0.3) is 0 Å². The second kappa shape index (κ2) is 5.84. The lowest BCUT2D eigenvalue weighted by Crippen LogP contribution is -2.32. The first kappa shape index (κ1) is 14.5. The number of hydrogen-bond donors (Lipinski definition) is 2. The van der Waals surface area contributed by atoms with Crippen molar-refractivity contribution in [2.24, 2.45) is 5.73 Å². The van der Waals surface area contributed by atoms with Crippen LogP contribution in [0.5, 0.6) is 0 Å². The number of hydrogen-bond acceptors (Lipinski definition) is 2. The highest BCUT2D eigenvalue weighted by molar-refractivity contribution is 9.10. The molecule has 0 heterocycles. The van der Waals surface area contributed by atoms with E-state index in [1.807, 2.05) is 6.92 Å². The molecule has 3 N–H and O–H groups in total. The van der Waals surface area contributed by atoms with Gasteiger partial charge >= 0.3 is 6.18 Å². The maximum atomic E-state index is 12.6. The Morgan fingerprint density at radius 3 is 2.59 bits per heavy atom. The molecule has 0 aliphatic carbocycles. The molecule has 2 nitrogen and oxygen atoms in total. The van der Waals surface area contributed by atoms with E-state index in [1.54, 1.807) is 6.07 Å². The Morgan fingerprint density at radius 2 is 2.06 bits per heavy atom. The van der Waals surface area contributed by atoms with Crippen LogP contribution in [0.15, 0.2) is 22.7 Å². The van der Waals surface area contributed by atoms with Gasteiger partial charge in [0.2, 0.25) is 0 Å². The van der Waals surface area contributed by atoms with Crippen LogP contribution in [0.4, 0.5) is 13.2 Å². The van der Waals surface area contributed by atoms with Crippen LogP contribution in [-0.4, -0.2) is 12.6 Å². The summed E-state index contributed by atoms with van der Waals surface area (Å²) in [7, 11) is 0. The maximum Gasteiger partial charge on any atom is 0.417 e. The second-order valence-electron chi connectivity index (χ2n) is 3.83. The topological polar surface area (TPSA) is 38.0 Å². The van der Waals surface area contributed by atoms with Gasteiger partial charge in [-0.05, 0) is 24.6 Å². The summed E-state index contributed by atoms with van der Waals surface area (Å²) < 4.78 is 37.9. The SMILES string of the molecule is C[C@@H](CN)NCc1ccc(Br)c(C(F)(F)F)c1. The van der Waals surface area contributed by atoms with Crippen molar-refractivity contribution in [1.82, 2.24) is 5.32 Å². The minimum atomic E-state index is -4.34. The van der Waals surface area contributed by atoms with Gasteiger partial charge in [0, 0.05) is 23.6 Å². The van der Waals surface area contributed by atoms with Crippen LogP contribution in [-0.2, 0) is 12.7 Å². The Kier molecular flexibility index (Phi) is 4.97. The van der Waals surface area contributed by atoms with Gasteiger partial charge in [-0.15, -0.1) is 0 Å². The maximum absolute atomic E-state index is 12.6. The van der Waals surface area contributed by atoms with Gasteiger partial charge in [-0.1, -0.05) is 22.0 Å². The van der Waals surface area contributed by atoms with Gasteiger partial charge in [0.1, 0.15) is 0 Å². The van der Waals surface area contributed by atoms with Crippen LogP contribution in [0.3, 0.4) is 0 Å². The molecule has 0 spiro atoms. The van der Waals surface area contributed by atoms with Crippen LogP contribution in [0.2, 0.25) is 0 Å². The average molecular weight is 311 g/mol. The molecule has 6 heteroatoms. The second-order valence-corrected chi connectivity index (χ2v) is 4.68. The zero-order valence-electron chi connectivity index (χ0n) is 9.31. The monoisotopic (exact) mass is 310 g/mol. The summed E-state index contributed by atoms with van der Waals surface area (Å²) in [6.45, 7) is 2.70. The largest absolute Gasteiger partial charge is 0.417 e. The smallest absolute Gasteiger partial charge is 0.329 e. The van der Waals surface area contributed by atoms with E-state index in [0.717, 1.165) is 6.07 Å². The summed E-state index contributed by atoms with van der Waals surface area (Å²) in [5, 5.41) is 3.04. The Bertz CT molecular complexity index is 379. The Labute approximate surface area is 107 Å². The number of benzene rings is 1. The van der Waals surface area contributed by atoms with E-state index in [1.165, 1.54) is 6.07 Å². The third-order valence-corrected chi connectivity index (χ3v) is 3.04. The van der Waals surface area contributed by atoms with Gasteiger partial charge in [-0.2, -0.15) is 13.2 Å². The summed E-state index contributed by atoms with van der Waals surface area (Å²) >= 11 is 2.90. The Morgan fingerprint density at radius 1 is 1.41 bits per heavy atom. The van der Waals surface area contributed by atoms with Gasteiger partial charge in [0.15, 0.2) is 0 Å². The lowest BCUT2D eigenvalue weighted by Gasteiger charge is -2.14. The fraction of sp³-hybridized carbons (Fsp3) is 0.455. The first-order valence-electron chi connectivity index (χ1n) is 5.13. The van der Waals surface area contributed by atoms with E-state index < -0.39 is 11.7 Å². The predicted molar refractivity (Wildman–Crippen MR) is 64.5 cm³/mol. The molecule has 0 fully saturated rings. The quantitative estimate of drug-likeness (QED) is 0.897. The molecule has 0 aromatic heterocycles. The van der Waals surface area contributed by atoms with Crippen LogP contribution < -0.4 is 11.1 Å². The number of alkyl halides is 3. The van der Waals surface area contributed by atoms with Gasteiger partial charge in [-0.25, -0.2) is 0 Å². The summed E-state index contributed by atoms with van der Waals surface area (Å²) in [5.74, 6) is 0. The molecule has 17 heavy (non-hydrogen) atoms. The molecule has 0 aliphatic heterocycles. The fourth-order valence-corrected chi connectivity index (χ4v) is 1.75. The van der Waals surface area contributed by atoms with Crippen molar-refractivity contribution in [2.75, 3.05) is 6.54 Å². The molecule has 1 aromatic carbocycles. The third kappa shape index (κ3) is 4.29. The Balaban J connectivity index is 2.82. The van der Waals surface area contributed by atoms with Crippen molar-refractivity contribution >= 4 is 15.9 Å². The standard InChI is InChI=1S/C11H14BrF3N2/c1-7(5-16)17-6-8-2-3-10(12)9(4-8)11(13,14)15/h2-4,7,17H,5-6,16H2,1H3/t7-/m0/s1. The van der Waals surface area contributed by atoms with E-state index in [-0.39, 0.29) is 10.5 Å². The van der Waals surface area contributed by atoms with Crippen molar-refractivity contribution < 1.29 is 13.2 Å². The van der Waals surface area contributed by atoms with Crippen molar-refractivity contribution in [3.63, 3.8) is 0 Å². The minimum Gasteiger partial charge on any atom is -0.329 e. The Hall–Kier alpha value is -0.590. The summed E-state index contributed by atoms with van der Waals surface area (Å²) in [6, 6.07) is 4.27. The van der Waals surface area contributed by atoms with Crippen LogP contribution >= 0.6 is 15.9 Å². The molecule has 1 rings (SSSR count). The van der Waals surface area contributed by atoms with Gasteiger partial charge < -0.3 is 11.1 Å². The van der Waals surface area contributed by atoms with Crippen molar-refractivity contribution in [1.29, 1.82) is 0 Å². The molecule has 0 unspecified atom stereocenters. The average Bonchev–Trinajstić information content (AvgIpc) is 2.26. The van der Waals surface area contributed by atoms with Crippen molar-refractivity contribution in [2.45, 2.75) is 25.7 Å². The number of halogens is 4. The van der Waals surface area contributed by atoms with E-state index in [4.69, 9.17) is 5.73 Å². The first-order chi connectivity index (χ1) is 7.84. The number of nitrogens with one attached hydrogen (secondary N) is 1. The summed E-state index contributed by atoms with van der Waals surface area (Å²) in [6.07, 6.45) is -4.34. The number of rotatable bonds is 4. The molecule has 0 aliphatic rings. The molecule has 1 atom stereocenters. The molecule has 0 amide bonds. The van der Waals surface area contributed by atoms with E-state index in [9.17, 15) is 13.2 Å². The molecule has 96 valence electrons. The van der Waals surface area contributed by atoms with Crippen molar-refractivity contribution in [3.05, 3.63) is 33.8 Å². The lowest BCUT2D eigenvalue weighted by molar-refractivity contribution is -0.138. The molecular weight excluding hydrogens is 297 g/mol. The van der Waals surface area contributed by atoms with Gasteiger partial charge in [0.25, 0.3) is 0 Å². The highest BCUT2D eigenvalue weighted by Crippen LogP contribution is 2.35. The molecule has 0 radical (unpaired) electrons. The van der Waals surface area contributed by atoms with Crippen LogP contribution in [0, 0.1) is 0 Å². The molecule has 1 aromatic rings. The molecule has 0 bridgehead atoms. The first-order valence-corrected chi connectivity index (χ1v) is 5.93. The van der Waals surface area contributed by atoms with E-state index in [0.29, 0.717) is 18.7 Å².